The number of carbonyl (C=O) groups is 2. The lowest BCUT2D eigenvalue weighted by molar-refractivity contribution is -0.385. The highest BCUT2D eigenvalue weighted by Gasteiger charge is 2.19. The molecule has 10 heteroatoms. The zero-order chi connectivity index (χ0) is 21.7. The highest BCUT2D eigenvalue weighted by Crippen LogP contribution is 2.32. The molecule has 0 spiro atoms. The first-order chi connectivity index (χ1) is 14.4. The number of para-hydroxylation sites is 1. The molecule has 0 aliphatic carbocycles. The number of nitrogens with zero attached hydrogens (tertiary/aromatic N) is 2. The maximum absolute atomic E-state index is 12.1. The number of methoxy groups -OCH3 is 1. The normalized spacial score (nSPS) is 10.6. The topological polar surface area (TPSA) is 121 Å². The molecule has 0 saturated carbocycles. The number of carbonyl (C=O) groups excluding carboxylic acids is 2. The largest absolute Gasteiger partial charge is 0.490 e. The molecule has 3 aromatic rings. The summed E-state index contributed by atoms with van der Waals surface area (Å²) in [5.41, 5.74) is 1.51. The monoisotopic (exact) mass is 429 g/mol. The number of nitro benzene ring substituents is 1. The Morgan fingerprint density at radius 1 is 1.27 bits per heavy atom. The summed E-state index contributed by atoms with van der Waals surface area (Å²) < 4.78 is 11.1. The third kappa shape index (κ3) is 5.09. The van der Waals surface area contributed by atoms with Crippen molar-refractivity contribution in [2.24, 2.45) is 0 Å². The number of thiazole rings is 1. The van der Waals surface area contributed by atoms with Gasteiger partial charge < -0.3 is 14.8 Å². The molecular formula is C20H19N3O6S. The number of benzene rings is 2. The van der Waals surface area contributed by atoms with E-state index in [4.69, 9.17) is 9.47 Å². The van der Waals surface area contributed by atoms with Crippen molar-refractivity contribution in [3.63, 3.8) is 0 Å². The van der Waals surface area contributed by atoms with Gasteiger partial charge in [-0.2, -0.15) is 0 Å². The molecule has 0 atom stereocenters. The molecule has 1 amide bonds. The van der Waals surface area contributed by atoms with Gasteiger partial charge in [0, 0.05) is 24.2 Å². The van der Waals surface area contributed by atoms with Crippen LogP contribution in [0.5, 0.6) is 5.75 Å². The number of hydrogen-bond acceptors (Lipinski definition) is 8. The minimum Gasteiger partial charge on any atom is -0.490 e. The van der Waals surface area contributed by atoms with E-state index in [1.165, 1.54) is 30.6 Å². The SMILES string of the molecule is COc1cc(NC(=O)COC(=O)CCc2nc3ccccc3s2)c(C)cc1[N+](=O)[O-]. The van der Waals surface area contributed by atoms with E-state index < -0.39 is 23.4 Å². The highest BCUT2D eigenvalue weighted by molar-refractivity contribution is 7.18. The predicted molar refractivity (Wildman–Crippen MR) is 112 cm³/mol. The van der Waals surface area contributed by atoms with Crippen LogP contribution in [0.2, 0.25) is 0 Å². The van der Waals surface area contributed by atoms with Gasteiger partial charge in [0.15, 0.2) is 12.4 Å². The third-order valence-corrected chi connectivity index (χ3v) is 5.34. The Morgan fingerprint density at radius 3 is 2.73 bits per heavy atom. The molecular weight excluding hydrogens is 410 g/mol. The molecule has 156 valence electrons. The number of anilines is 1. The van der Waals surface area contributed by atoms with Crippen LogP contribution in [0.15, 0.2) is 36.4 Å². The highest BCUT2D eigenvalue weighted by atomic mass is 32.1. The minimum absolute atomic E-state index is 0.0220. The van der Waals surface area contributed by atoms with Crippen LogP contribution in [0.3, 0.4) is 0 Å². The number of ether oxygens (including phenoxy) is 2. The van der Waals surface area contributed by atoms with Crippen LogP contribution in [-0.4, -0.2) is 35.5 Å². The molecule has 1 aromatic heterocycles. The average Bonchev–Trinajstić information content (AvgIpc) is 3.14. The van der Waals surface area contributed by atoms with Gasteiger partial charge in [-0.3, -0.25) is 19.7 Å². The number of nitrogens with one attached hydrogen (secondary N) is 1. The van der Waals surface area contributed by atoms with Gasteiger partial charge in [-0.05, 0) is 24.6 Å². The maximum atomic E-state index is 12.1. The summed E-state index contributed by atoms with van der Waals surface area (Å²) in [7, 11) is 1.30. The molecule has 30 heavy (non-hydrogen) atoms. The second-order valence-electron chi connectivity index (χ2n) is 6.38. The van der Waals surface area contributed by atoms with Gasteiger partial charge in [0.1, 0.15) is 0 Å². The molecule has 1 N–H and O–H groups in total. The second kappa shape index (κ2) is 9.31. The van der Waals surface area contributed by atoms with Crippen LogP contribution in [0.25, 0.3) is 10.2 Å². The second-order valence-corrected chi connectivity index (χ2v) is 7.50. The summed E-state index contributed by atoms with van der Waals surface area (Å²) >= 11 is 1.52. The van der Waals surface area contributed by atoms with Gasteiger partial charge in [0.05, 0.1) is 33.7 Å². The standard InChI is InChI=1S/C20H19N3O6S/c1-12-9-15(23(26)27)16(28-2)10-14(12)21-18(24)11-29-20(25)8-7-19-22-13-5-3-4-6-17(13)30-19/h3-6,9-10H,7-8,11H2,1-2H3,(H,21,24). The van der Waals surface area contributed by atoms with E-state index in [2.05, 4.69) is 10.3 Å². The maximum Gasteiger partial charge on any atom is 0.311 e. The first-order valence-corrected chi connectivity index (χ1v) is 9.82. The van der Waals surface area contributed by atoms with Gasteiger partial charge in [0.25, 0.3) is 5.91 Å². The summed E-state index contributed by atoms with van der Waals surface area (Å²) in [5, 5.41) is 14.4. The lowest BCUT2D eigenvalue weighted by Crippen LogP contribution is -2.21. The minimum atomic E-state index is -0.565. The molecule has 3 rings (SSSR count). The molecule has 0 unspecified atom stereocenters. The van der Waals surface area contributed by atoms with Gasteiger partial charge in [-0.25, -0.2) is 4.98 Å². The Balaban J connectivity index is 1.51. The number of aryl methyl sites for hydroxylation is 2. The van der Waals surface area contributed by atoms with E-state index in [1.807, 2.05) is 24.3 Å². The number of amides is 1. The summed E-state index contributed by atoms with van der Waals surface area (Å²) in [5.74, 6) is -1.04. The Kier molecular flexibility index (Phi) is 6.58. The predicted octanol–water partition coefficient (Wildman–Crippen LogP) is 3.64. The summed E-state index contributed by atoms with van der Waals surface area (Å²) in [6.45, 7) is 1.16. The zero-order valence-corrected chi connectivity index (χ0v) is 17.2. The number of esters is 1. The number of hydrogen-bond donors (Lipinski definition) is 1. The van der Waals surface area contributed by atoms with Crippen LogP contribution in [-0.2, 0) is 20.7 Å². The Labute approximate surface area is 175 Å². The number of aromatic nitrogens is 1. The van der Waals surface area contributed by atoms with Crippen LogP contribution >= 0.6 is 11.3 Å². The smallest absolute Gasteiger partial charge is 0.311 e. The Hall–Kier alpha value is -3.53. The van der Waals surface area contributed by atoms with Crippen molar-refractivity contribution in [3.8, 4) is 5.75 Å². The van der Waals surface area contributed by atoms with Crippen molar-refractivity contribution in [3.05, 3.63) is 57.1 Å². The van der Waals surface area contributed by atoms with Crippen molar-refractivity contribution < 1.29 is 24.0 Å². The molecule has 0 aliphatic rings. The summed E-state index contributed by atoms with van der Waals surface area (Å²) in [6, 6.07) is 10.4. The van der Waals surface area contributed by atoms with E-state index in [9.17, 15) is 19.7 Å². The fourth-order valence-electron chi connectivity index (χ4n) is 2.75. The lowest BCUT2D eigenvalue weighted by Gasteiger charge is -2.11. The van der Waals surface area contributed by atoms with E-state index in [1.54, 1.807) is 6.92 Å². The fourth-order valence-corrected chi connectivity index (χ4v) is 3.72. The van der Waals surface area contributed by atoms with Gasteiger partial charge >= 0.3 is 11.7 Å². The first-order valence-electron chi connectivity index (χ1n) is 9.00. The third-order valence-electron chi connectivity index (χ3n) is 4.24. The van der Waals surface area contributed by atoms with E-state index in [0.29, 0.717) is 17.7 Å². The Morgan fingerprint density at radius 2 is 2.03 bits per heavy atom. The van der Waals surface area contributed by atoms with Crippen molar-refractivity contribution in [2.75, 3.05) is 19.0 Å². The van der Waals surface area contributed by atoms with Crippen molar-refractivity contribution >= 4 is 44.8 Å². The van der Waals surface area contributed by atoms with E-state index in [0.717, 1.165) is 15.2 Å². The molecule has 1 heterocycles. The van der Waals surface area contributed by atoms with Crippen LogP contribution in [0.4, 0.5) is 11.4 Å². The van der Waals surface area contributed by atoms with Crippen LogP contribution < -0.4 is 10.1 Å². The quantitative estimate of drug-likeness (QED) is 0.330. The van der Waals surface area contributed by atoms with Gasteiger partial charge in [-0.15, -0.1) is 11.3 Å². The van der Waals surface area contributed by atoms with E-state index in [-0.39, 0.29) is 17.9 Å². The molecule has 9 nitrogen and oxygen atoms in total. The molecule has 0 fully saturated rings. The number of fused-ring (bicyclic) bond motifs is 1. The Bertz CT molecular complexity index is 1080. The van der Waals surface area contributed by atoms with Crippen molar-refractivity contribution in [2.45, 2.75) is 19.8 Å². The molecule has 0 aliphatic heterocycles. The van der Waals surface area contributed by atoms with Gasteiger partial charge in [0.2, 0.25) is 0 Å². The van der Waals surface area contributed by atoms with Crippen molar-refractivity contribution in [1.82, 2.24) is 4.98 Å². The first kappa shape index (κ1) is 21.2. The van der Waals surface area contributed by atoms with Crippen LogP contribution in [0.1, 0.15) is 17.0 Å². The fraction of sp³-hybridized carbons (Fsp3) is 0.250. The molecule has 0 radical (unpaired) electrons. The van der Waals surface area contributed by atoms with Crippen LogP contribution in [0, 0.1) is 17.0 Å². The lowest BCUT2D eigenvalue weighted by atomic mass is 10.1. The molecule has 2 aromatic carbocycles. The number of rotatable bonds is 8. The molecule has 0 bridgehead atoms. The van der Waals surface area contributed by atoms with Gasteiger partial charge in [-0.1, -0.05) is 12.1 Å². The van der Waals surface area contributed by atoms with Crippen molar-refractivity contribution in [1.29, 1.82) is 0 Å². The average molecular weight is 429 g/mol. The summed E-state index contributed by atoms with van der Waals surface area (Å²) in [4.78, 5) is 39.0. The number of nitro groups is 1. The molecule has 0 saturated heterocycles. The van der Waals surface area contributed by atoms with E-state index >= 15 is 0 Å². The zero-order valence-electron chi connectivity index (χ0n) is 16.3. The summed E-state index contributed by atoms with van der Waals surface area (Å²) in [6.07, 6.45) is 0.538.